The molecule has 0 amide bonds. The maximum atomic E-state index is 13.5. The molecule has 0 aliphatic carbocycles. The summed E-state index contributed by atoms with van der Waals surface area (Å²) in [5, 5.41) is 3.31. The van der Waals surface area contributed by atoms with E-state index in [4.69, 9.17) is 0 Å². The Hall–Kier alpha value is -1.68. The summed E-state index contributed by atoms with van der Waals surface area (Å²) in [4.78, 5) is 12.6. The van der Waals surface area contributed by atoms with Gasteiger partial charge in [-0.05, 0) is 45.6 Å². The maximum absolute atomic E-state index is 13.5. The fraction of sp³-hybridized carbons (Fsp3) is 0.235. The zero-order valence-corrected chi connectivity index (χ0v) is 13.0. The summed E-state index contributed by atoms with van der Waals surface area (Å²) in [5.41, 5.74) is 2.78. The normalized spacial score (nSPS) is 17.0. The van der Waals surface area contributed by atoms with E-state index < -0.39 is 0 Å². The van der Waals surface area contributed by atoms with Crippen LogP contribution in [0.3, 0.4) is 0 Å². The Bertz CT molecular complexity index is 686. The summed E-state index contributed by atoms with van der Waals surface area (Å²) < 4.78 is 13.9. The van der Waals surface area contributed by atoms with Gasteiger partial charge in [-0.25, -0.2) is 4.39 Å². The van der Waals surface area contributed by atoms with Gasteiger partial charge in [-0.15, -0.1) is 0 Å². The summed E-state index contributed by atoms with van der Waals surface area (Å²) in [6.07, 6.45) is 1.03. The first-order valence-corrected chi connectivity index (χ1v) is 7.74. The van der Waals surface area contributed by atoms with Crippen LogP contribution in [-0.2, 0) is 11.2 Å². The summed E-state index contributed by atoms with van der Waals surface area (Å²) in [7, 11) is 0. The minimum Gasteiger partial charge on any atom is -0.385 e. The highest BCUT2D eigenvalue weighted by molar-refractivity contribution is 9.10. The van der Waals surface area contributed by atoms with E-state index in [-0.39, 0.29) is 23.9 Å². The number of hydrogen-bond donors (Lipinski definition) is 1. The number of hydrogen-bond acceptors (Lipinski definition) is 2. The van der Waals surface area contributed by atoms with Gasteiger partial charge in [-0.1, -0.05) is 30.3 Å². The van der Waals surface area contributed by atoms with Crippen LogP contribution in [0.15, 0.2) is 46.9 Å². The molecule has 2 aromatic carbocycles. The summed E-state index contributed by atoms with van der Waals surface area (Å²) in [6, 6.07) is 12.7. The van der Waals surface area contributed by atoms with Crippen LogP contribution in [0.2, 0.25) is 0 Å². The number of carbonyl (C=O) groups is 1. The Morgan fingerprint density at radius 3 is 2.90 bits per heavy atom. The molecule has 2 nitrogen and oxygen atoms in total. The second-order valence-electron chi connectivity index (χ2n) is 5.21. The molecule has 1 unspecified atom stereocenters. The topological polar surface area (TPSA) is 29.1 Å². The van der Waals surface area contributed by atoms with E-state index in [0.29, 0.717) is 10.0 Å². The number of halogens is 2. The average Bonchev–Trinajstić information content (AvgIpc) is 2.51. The third kappa shape index (κ3) is 2.86. The van der Waals surface area contributed by atoms with Gasteiger partial charge in [-0.3, -0.25) is 4.79 Å². The van der Waals surface area contributed by atoms with Crippen molar-refractivity contribution in [3.05, 3.63) is 63.9 Å². The standard InChI is InChI=1S/C17H15BrFNO/c18-17-11(4-3-6-14(17)19)10-16(21)13-8-9-20-15-7-2-1-5-12(13)15/h1-7,13,20H,8-10H2. The lowest BCUT2D eigenvalue weighted by molar-refractivity contribution is -0.120. The third-order valence-corrected chi connectivity index (χ3v) is 4.76. The van der Waals surface area contributed by atoms with Crippen LogP contribution in [0, 0.1) is 5.82 Å². The van der Waals surface area contributed by atoms with Crippen molar-refractivity contribution in [2.45, 2.75) is 18.8 Å². The molecule has 0 fully saturated rings. The van der Waals surface area contributed by atoms with Gasteiger partial charge in [0.05, 0.1) is 4.47 Å². The van der Waals surface area contributed by atoms with Crippen LogP contribution in [0.25, 0.3) is 0 Å². The van der Waals surface area contributed by atoms with Gasteiger partial charge < -0.3 is 5.32 Å². The summed E-state index contributed by atoms with van der Waals surface area (Å²) >= 11 is 3.22. The number of para-hydroxylation sites is 1. The smallest absolute Gasteiger partial charge is 0.144 e. The highest BCUT2D eigenvalue weighted by atomic mass is 79.9. The Balaban J connectivity index is 1.85. The molecule has 108 valence electrons. The Morgan fingerprint density at radius 1 is 1.24 bits per heavy atom. The van der Waals surface area contributed by atoms with Gasteiger partial charge in [0.2, 0.25) is 0 Å². The van der Waals surface area contributed by atoms with E-state index in [2.05, 4.69) is 21.2 Å². The predicted octanol–water partition coefficient (Wildman–Crippen LogP) is 4.30. The monoisotopic (exact) mass is 347 g/mol. The number of benzene rings is 2. The van der Waals surface area contributed by atoms with Crippen LogP contribution in [-0.4, -0.2) is 12.3 Å². The zero-order chi connectivity index (χ0) is 14.8. The van der Waals surface area contributed by atoms with Crippen LogP contribution >= 0.6 is 15.9 Å². The third-order valence-electron chi connectivity index (χ3n) is 3.87. The van der Waals surface area contributed by atoms with E-state index in [1.54, 1.807) is 12.1 Å². The fourth-order valence-electron chi connectivity index (χ4n) is 2.80. The molecule has 0 spiro atoms. The molecule has 0 aromatic heterocycles. The molecule has 1 aliphatic heterocycles. The van der Waals surface area contributed by atoms with Crippen molar-refractivity contribution in [2.75, 3.05) is 11.9 Å². The Morgan fingerprint density at radius 2 is 2.05 bits per heavy atom. The Kier molecular flexibility index (Phi) is 4.06. The van der Waals surface area contributed by atoms with Crippen molar-refractivity contribution >= 4 is 27.4 Å². The van der Waals surface area contributed by atoms with Crippen molar-refractivity contribution in [1.29, 1.82) is 0 Å². The largest absolute Gasteiger partial charge is 0.385 e. The molecule has 4 heteroatoms. The number of Topliss-reactive ketones (excluding diaryl/α,β-unsaturated/α-hetero) is 1. The second kappa shape index (κ2) is 5.98. The maximum Gasteiger partial charge on any atom is 0.144 e. The van der Waals surface area contributed by atoms with Crippen molar-refractivity contribution in [2.24, 2.45) is 0 Å². The number of anilines is 1. The molecule has 0 saturated carbocycles. The van der Waals surface area contributed by atoms with Crippen LogP contribution in [0.4, 0.5) is 10.1 Å². The lowest BCUT2D eigenvalue weighted by Crippen LogP contribution is -2.24. The first-order chi connectivity index (χ1) is 10.2. The van der Waals surface area contributed by atoms with Crippen LogP contribution < -0.4 is 5.32 Å². The lowest BCUT2D eigenvalue weighted by Gasteiger charge is -2.25. The average molecular weight is 348 g/mol. The minimum absolute atomic E-state index is 0.113. The molecule has 0 saturated heterocycles. The van der Waals surface area contributed by atoms with Gasteiger partial charge in [0.25, 0.3) is 0 Å². The van der Waals surface area contributed by atoms with Crippen molar-refractivity contribution < 1.29 is 9.18 Å². The van der Waals surface area contributed by atoms with E-state index in [1.165, 1.54) is 6.07 Å². The quantitative estimate of drug-likeness (QED) is 0.896. The van der Waals surface area contributed by atoms with Gasteiger partial charge in [0.15, 0.2) is 0 Å². The zero-order valence-electron chi connectivity index (χ0n) is 11.4. The number of fused-ring (bicyclic) bond motifs is 1. The first kappa shape index (κ1) is 14.3. The number of ketones is 1. The minimum atomic E-state index is -0.328. The Labute approximate surface area is 131 Å². The van der Waals surface area contributed by atoms with E-state index in [9.17, 15) is 9.18 Å². The van der Waals surface area contributed by atoms with Crippen molar-refractivity contribution in [3.8, 4) is 0 Å². The van der Waals surface area contributed by atoms with Crippen molar-refractivity contribution in [1.82, 2.24) is 0 Å². The van der Waals surface area contributed by atoms with E-state index in [0.717, 1.165) is 24.2 Å². The molecule has 1 aliphatic rings. The first-order valence-electron chi connectivity index (χ1n) is 6.95. The molecule has 0 bridgehead atoms. The predicted molar refractivity (Wildman–Crippen MR) is 85.1 cm³/mol. The van der Waals surface area contributed by atoms with E-state index >= 15 is 0 Å². The van der Waals surface area contributed by atoms with Gasteiger partial charge >= 0.3 is 0 Å². The molecule has 1 heterocycles. The van der Waals surface area contributed by atoms with Crippen LogP contribution in [0.1, 0.15) is 23.5 Å². The molecule has 1 N–H and O–H groups in total. The summed E-state index contributed by atoms with van der Waals surface area (Å²) in [5.74, 6) is -0.307. The van der Waals surface area contributed by atoms with E-state index in [1.807, 2.05) is 24.3 Å². The molecule has 2 aromatic rings. The van der Waals surface area contributed by atoms with Gasteiger partial charge in [-0.2, -0.15) is 0 Å². The molecule has 21 heavy (non-hydrogen) atoms. The SMILES string of the molecule is O=C(Cc1cccc(F)c1Br)C1CCNc2ccccc21. The van der Waals surface area contributed by atoms with Crippen molar-refractivity contribution in [3.63, 3.8) is 0 Å². The van der Waals surface area contributed by atoms with Crippen LogP contribution in [0.5, 0.6) is 0 Å². The number of carbonyl (C=O) groups excluding carboxylic acids is 1. The summed E-state index contributed by atoms with van der Waals surface area (Å²) in [6.45, 7) is 0.789. The molecule has 1 atom stereocenters. The molecule has 0 radical (unpaired) electrons. The highest BCUT2D eigenvalue weighted by Crippen LogP contribution is 2.33. The van der Waals surface area contributed by atoms with Gasteiger partial charge in [0.1, 0.15) is 11.6 Å². The fourth-order valence-corrected chi connectivity index (χ4v) is 3.20. The lowest BCUT2D eigenvalue weighted by atomic mass is 9.85. The molecular weight excluding hydrogens is 333 g/mol. The molecular formula is C17H15BrFNO. The second-order valence-corrected chi connectivity index (χ2v) is 6.00. The highest BCUT2D eigenvalue weighted by Gasteiger charge is 2.26. The molecule has 3 rings (SSSR count). The number of rotatable bonds is 3. The number of nitrogens with one attached hydrogen (secondary N) is 1. The van der Waals surface area contributed by atoms with Gasteiger partial charge in [0, 0.05) is 24.6 Å².